The van der Waals surface area contributed by atoms with Crippen LogP contribution in [0.2, 0.25) is 0 Å². The van der Waals surface area contributed by atoms with Crippen LogP contribution in [-0.2, 0) is 14.4 Å². The molecule has 34 heavy (non-hydrogen) atoms. The Morgan fingerprint density at radius 2 is 1.91 bits per heavy atom. The molecule has 182 valence electrons. The number of amides is 3. The number of benzene rings is 1. The second kappa shape index (κ2) is 10.8. The number of hydrogen-bond donors (Lipinski definition) is 3. The number of aliphatic hydroxyl groups is 1. The van der Waals surface area contributed by atoms with E-state index in [0.29, 0.717) is 19.4 Å². The van der Waals surface area contributed by atoms with Crippen molar-refractivity contribution in [3.63, 3.8) is 0 Å². The number of thiazole rings is 1. The zero-order chi connectivity index (χ0) is 25.0. The third kappa shape index (κ3) is 5.64. The topological polar surface area (TPSA) is 126 Å². The van der Waals surface area contributed by atoms with Gasteiger partial charge in [0.2, 0.25) is 17.7 Å². The number of primary amides is 1. The summed E-state index contributed by atoms with van der Waals surface area (Å²) in [6.07, 6.45) is 2.10. The Hall–Kier alpha value is -3.20. The smallest absolute Gasteiger partial charge is 0.244 e. The van der Waals surface area contributed by atoms with E-state index in [-0.39, 0.29) is 29.5 Å². The standard InChI is InChI=1S/C25H32N4O4S/c1-14(2)22(20(30)12-21(26)31)25(33)29-11-5-6-19(29)24(32)28-15(3)17-7-9-18(10-8-17)23-16(4)27-13-34-23/h7-10,12-15,19,22,30H,5-6,11H2,1-4H3,(H2,26,31)(H,28,32)/b20-12-/t15-,19-,22?/m0/s1. The molecule has 1 saturated heterocycles. The van der Waals surface area contributed by atoms with E-state index in [9.17, 15) is 19.5 Å². The molecular formula is C25H32N4O4S. The molecule has 0 spiro atoms. The number of nitrogens with one attached hydrogen (secondary N) is 1. The lowest BCUT2D eigenvalue weighted by atomic mass is 9.91. The lowest BCUT2D eigenvalue weighted by Gasteiger charge is -2.30. The number of rotatable bonds is 8. The average Bonchev–Trinajstić information content (AvgIpc) is 3.42. The molecule has 3 amide bonds. The summed E-state index contributed by atoms with van der Waals surface area (Å²) in [6.45, 7) is 7.85. The Kier molecular flexibility index (Phi) is 8.09. The summed E-state index contributed by atoms with van der Waals surface area (Å²) in [7, 11) is 0. The highest BCUT2D eigenvalue weighted by Crippen LogP contribution is 2.29. The molecule has 1 aliphatic rings. The second-order valence-corrected chi connectivity index (χ2v) is 9.86. The monoisotopic (exact) mass is 484 g/mol. The van der Waals surface area contributed by atoms with Gasteiger partial charge in [-0.3, -0.25) is 14.4 Å². The van der Waals surface area contributed by atoms with Gasteiger partial charge in [0.1, 0.15) is 11.8 Å². The third-order valence-electron chi connectivity index (χ3n) is 6.16. The van der Waals surface area contributed by atoms with Crippen LogP contribution in [0.1, 0.15) is 50.9 Å². The minimum absolute atomic E-state index is 0.235. The maximum absolute atomic E-state index is 13.2. The first-order chi connectivity index (χ1) is 16.1. The SMILES string of the molecule is Cc1ncsc1-c1ccc([C@H](C)NC(=O)[C@@H]2CCCN2C(=O)C(/C(O)=C/C(N)=O)C(C)C)cc1. The predicted molar refractivity (Wildman–Crippen MR) is 132 cm³/mol. The zero-order valence-electron chi connectivity index (χ0n) is 19.9. The molecule has 4 N–H and O–H groups in total. The first kappa shape index (κ1) is 25.4. The Balaban J connectivity index is 1.70. The van der Waals surface area contributed by atoms with Crippen LogP contribution in [0.25, 0.3) is 10.4 Å². The minimum atomic E-state index is -0.930. The molecule has 1 aromatic carbocycles. The largest absolute Gasteiger partial charge is 0.511 e. The Morgan fingerprint density at radius 3 is 2.47 bits per heavy atom. The molecule has 0 saturated carbocycles. The summed E-state index contributed by atoms with van der Waals surface area (Å²) in [5, 5.41) is 13.3. The number of likely N-dealkylation sites (tertiary alicyclic amines) is 1. The van der Waals surface area contributed by atoms with Crippen molar-refractivity contribution in [3.8, 4) is 10.4 Å². The Morgan fingerprint density at radius 1 is 1.24 bits per heavy atom. The molecule has 0 radical (unpaired) electrons. The second-order valence-electron chi connectivity index (χ2n) is 9.00. The van der Waals surface area contributed by atoms with Gasteiger partial charge in [-0.05, 0) is 43.7 Å². The molecule has 1 aliphatic heterocycles. The van der Waals surface area contributed by atoms with Crippen molar-refractivity contribution in [2.75, 3.05) is 6.54 Å². The van der Waals surface area contributed by atoms with E-state index in [1.54, 1.807) is 25.2 Å². The fraction of sp³-hybridized carbons (Fsp3) is 0.440. The van der Waals surface area contributed by atoms with Crippen molar-refractivity contribution < 1.29 is 19.5 Å². The van der Waals surface area contributed by atoms with Crippen LogP contribution in [0, 0.1) is 18.8 Å². The van der Waals surface area contributed by atoms with Crippen LogP contribution < -0.4 is 11.1 Å². The van der Waals surface area contributed by atoms with Gasteiger partial charge in [0, 0.05) is 12.6 Å². The fourth-order valence-electron chi connectivity index (χ4n) is 4.37. The molecule has 1 aromatic heterocycles. The molecule has 9 heteroatoms. The summed E-state index contributed by atoms with van der Waals surface area (Å²) in [5.41, 5.74) is 10.00. The summed E-state index contributed by atoms with van der Waals surface area (Å²) in [4.78, 5) is 44.5. The maximum atomic E-state index is 13.2. The molecule has 0 aliphatic carbocycles. The van der Waals surface area contributed by atoms with E-state index in [0.717, 1.165) is 27.8 Å². The third-order valence-corrected chi connectivity index (χ3v) is 7.13. The molecule has 2 heterocycles. The predicted octanol–water partition coefficient (Wildman–Crippen LogP) is 3.49. The van der Waals surface area contributed by atoms with Crippen molar-refractivity contribution in [2.45, 2.75) is 52.6 Å². The van der Waals surface area contributed by atoms with Gasteiger partial charge in [0.05, 0.1) is 28.0 Å². The van der Waals surface area contributed by atoms with Crippen molar-refractivity contribution in [3.05, 3.63) is 52.9 Å². The number of nitrogens with zero attached hydrogens (tertiary/aromatic N) is 2. The normalized spacial score (nSPS) is 18.1. The lowest BCUT2D eigenvalue weighted by molar-refractivity contribution is -0.142. The van der Waals surface area contributed by atoms with E-state index in [2.05, 4.69) is 10.3 Å². The Labute approximate surface area is 203 Å². The fourth-order valence-corrected chi connectivity index (χ4v) is 5.18. The van der Waals surface area contributed by atoms with Gasteiger partial charge in [0.15, 0.2) is 0 Å². The van der Waals surface area contributed by atoms with Crippen LogP contribution in [0.4, 0.5) is 0 Å². The number of aliphatic hydroxyl groups excluding tert-OH is 1. The van der Waals surface area contributed by atoms with E-state index < -0.39 is 17.9 Å². The van der Waals surface area contributed by atoms with Crippen molar-refractivity contribution in [2.24, 2.45) is 17.6 Å². The van der Waals surface area contributed by atoms with Crippen molar-refractivity contribution in [1.29, 1.82) is 0 Å². The quantitative estimate of drug-likeness (QED) is 0.391. The van der Waals surface area contributed by atoms with Crippen LogP contribution in [0.3, 0.4) is 0 Å². The van der Waals surface area contributed by atoms with E-state index in [4.69, 9.17) is 5.73 Å². The number of aryl methyl sites for hydroxylation is 1. The molecule has 0 bridgehead atoms. The van der Waals surface area contributed by atoms with Gasteiger partial charge >= 0.3 is 0 Å². The average molecular weight is 485 g/mol. The summed E-state index contributed by atoms with van der Waals surface area (Å²) in [6, 6.07) is 7.13. The van der Waals surface area contributed by atoms with Crippen molar-refractivity contribution >= 4 is 29.1 Å². The summed E-state index contributed by atoms with van der Waals surface area (Å²) < 4.78 is 0. The molecule has 1 fully saturated rings. The molecular weight excluding hydrogens is 452 g/mol. The highest BCUT2D eigenvalue weighted by molar-refractivity contribution is 7.13. The zero-order valence-corrected chi connectivity index (χ0v) is 20.8. The molecule has 8 nitrogen and oxygen atoms in total. The maximum Gasteiger partial charge on any atom is 0.244 e. The van der Waals surface area contributed by atoms with Gasteiger partial charge in [-0.25, -0.2) is 4.98 Å². The molecule has 3 rings (SSSR count). The number of aromatic nitrogens is 1. The van der Waals surface area contributed by atoms with Gasteiger partial charge in [-0.15, -0.1) is 11.3 Å². The molecule has 2 aromatic rings. The van der Waals surface area contributed by atoms with Crippen LogP contribution >= 0.6 is 11.3 Å². The van der Waals surface area contributed by atoms with Crippen LogP contribution in [0.5, 0.6) is 0 Å². The summed E-state index contributed by atoms with van der Waals surface area (Å²) >= 11 is 1.59. The number of carbonyl (C=O) groups is 3. The minimum Gasteiger partial charge on any atom is -0.511 e. The molecule has 1 unspecified atom stereocenters. The van der Waals surface area contributed by atoms with E-state index in [1.165, 1.54) is 4.90 Å². The number of hydrogen-bond acceptors (Lipinski definition) is 6. The Bertz CT molecular complexity index is 1080. The van der Waals surface area contributed by atoms with Gasteiger partial charge in [-0.1, -0.05) is 38.1 Å². The highest BCUT2D eigenvalue weighted by Gasteiger charge is 2.39. The number of carbonyl (C=O) groups excluding carboxylic acids is 3. The highest BCUT2D eigenvalue weighted by atomic mass is 32.1. The first-order valence-corrected chi connectivity index (χ1v) is 12.3. The lowest BCUT2D eigenvalue weighted by Crippen LogP contribution is -2.49. The van der Waals surface area contributed by atoms with Crippen molar-refractivity contribution in [1.82, 2.24) is 15.2 Å². The van der Waals surface area contributed by atoms with Gasteiger partial charge < -0.3 is 21.1 Å². The van der Waals surface area contributed by atoms with E-state index in [1.807, 2.05) is 43.6 Å². The van der Waals surface area contributed by atoms with E-state index >= 15 is 0 Å². The van der Waals surface area contributed by atoms with Crippen LogP contribution in [0.15, 0.2) is 41.6 Å². The van der Waals surface area contributed by atoms with Gasteiger partial charge in [-0.2, -0.15) is 0 Å². The summed E-state index contributed by atoms with van der Waals surface area (Å²) in [5.74, 6) is -3.01. The first-order valence-electron chi connectivity index (χ1n) is 11.4. The van der Waals surface area contributed by atoms with Gasteiger partial charge in [0.25, 0.3) is 0 Å². The van der Waals surface area contributed by atoms with Crippen LogP contribution in [-0.4, -0.2) is 45.3 Å². The number of nitrogens with two attached hydrogens (primary N) is 1. The molecule has 3 atom stereocenters.